The first-order valence-electron chi connectivity index (χ1n) is 13.8. The number of hydrogen-bond acceptors (Lipinski definition) is 6. The van der Waals surface area contributed by atoms with Crippen LogP contribution in [0.3, 0.4) is 0 Å². The van der Waals surface area contributed by atoms with Gasteiger partial charge in [0.25, 0.3) is 0 Å². The summed E-state index contributed by atoms with van der Waals surface area (Å²) in [6, 6.07) is 7.14. The molecule has 2 aromatic rings. The average Bonchev–Trinajstić information content (AvgIpc) is 3.03. The van der Waals surface area contributed by atoms with Gasteiger partial charge in [0.05, 0.1) is 16.6 Å². The van der Waals surface area contributed by atoms with E-state index in [1.54, 1.807) is 14.0 Å². The Morgan fingerprint density at radius 3 is 2.39 bits per heavy atom. The van der Waals surface area contributed by atoms with Crippen molar-refractivity contribution in [2.75, 3.05) is 39.3 Å². The smallest absolute Gasteiger partial charge is 0.410 e. The number of amides is 1. The third-order valence-electron chi connectivity index (χ3n) is 7.64. The predicted molar refractivity (Wildman–Crippen MR) is 152 cm³/mol. The maximum absolute atomic E-state index is 13.1. The molecule has 1 N–H and O–H groups in total. The zero-order valence-corrected chi connectivity index (χ0v) is 25.2. The van der Waals surface area contributed by atoms with Crippen molar-refractivity contribution in [3.63, 3.8) is 0 Å². The Balaban J connectivity index is 1.36. The van der Waals surface area contributed by atoms with Crippen molar-refractivity contribution in [2.45, 2.75) is 83.1 Å². The van der Waals surface area contributed by atoms with Crippen LogP contribution in [0.1, 0.15) is 45.1 Å². The van der Waals surface area contributed by atoms with Crippen molar-refractivity contribution in [3.8, 4) is 0 Å². The lowest BCUT2D eigenvalue weighted by Gasteiger charge is -2.48. The molecule has 38 heavy (non-hydrogen) atoms. The normalized spacial score (nSPS) is 23.1. The number of aliphatic hydroxyl groups is 1. The summed E-state index contributed by atoms with van der Waals surface area (Å²) < 4.78 is 14.8. The molecule has 1 aliphatic carbocycles. The Morgan fingerprint density at radius 1 is 1.13 bits per heavy atom. The monoisotopic (exact) mass is 546 g/mol. The number of carbonyl (C=O) groups is 1. The van der Waals surface area contributed by atoms with E-state index in [2.05, 4.69) is 30.6 Å². The first-order chi connectivity index (χ1) is 17.7. The summed E-state index contributed by atoms with van der Waals surface area (Å²) in [6.07, 6.45) is 1.04. The van der Waals surface area contributed by atoms with Crippen LogP contribution >= 0.6 is 0 Å². The van der Waals surface area contributed by atoms with Crippen LogP contribution in [-0.2, 0) is 23.3 Å². The van der Waals surface area contributed by atoms with E-state index >= 15 is 0 Å². The van der Waals surface area contributed by atoms with Crippen LogP contribution in [0.15, 0.2) is 23.0 Å². The van der Waals surface area contributed by atoms with Crippen LogP contribution < -0.4 is 5.69 Å². The molecular formula is C28H46N4O5Si. The van der Waals surface area contributed by atoms with E-state index in [9.17, 15) is 14.7 Å². The number of para-hydroxylation sites is 1. The summed E-state index contributed by atoms with van der Waals surface area (Å²) in [7, 11) is 0.627. The fraction of sp³-hybridized carbons (Fsp3) is 0.714. The highest BCUT2D eigenvalue weighted by Crippen LogP contribution is 2.47. The number of ether oxygens (including phenoxy) is 2. The molecule has 212 valence electrons. The zero-order chi connectivity index (χ0) is 27.9. The molecule has 2 fully saturated rings. The number of nitrogens with zero attached hydrogens (tertiary/aromatic N) is 4. The van der Waals surface area contributed by atoms with Gasteiger partial charge in [-0.25, -0.2) is 9.59 Å². The molecule has 1 saturated carbocycles. The fourth-order valence-corrected chi connectivity index (χ4v) is 6.29. The molecule has 4 rings (SSSR count). The maximum Gasteiger partial charge on any atom is 0.410 e. The lowest BCUT2D eigenvalue weighted by Crippen LogP contribution is -2.56. The summed E-state index contributed by atoms with van der Waals surface area (Å²) in [5.74, 6) is 0.195. The van der Waals surface area contributed by atoms with Crippen molar-refractivity contribution in [3.05, 3.63) is 34.2 Å². The standard InChI is InChI=1S/C28H46N4O5Si/c1-27(2,3)37-26(34)31-13-11-30(12-14-31)19-28(35)17-21(18-28)22-9-8-10-23-24(22)29(4)25(33)32(23)20-36-15-16-38(5,6)7/h8-10,21,35H,11-20H2,1-7H3/t21-,28-. The molecule has 1 aromatic carbocycles. The number of hydrogen-bond donors (Lipinski definition) is 1. The van der Waals surface area contributed by atoms with E-state index in [0.29, 0.717) is 39.1 Å². The Kier molecular flexibility index (Phi) is 8.19. The molecular weight excluding hydrogens is 500 g/mol. The van der Waals surface area contributed by atoms with Crippen LogP contribution in [-0.4, -0.2) is 88.7 Å². The summed E-state index contributed by atoms with van der Waals surface area (Å²) in [4.78, 5) is 29.4. The summed E-state index contributed by atoms with van der Waals surface area (Å²) in [6.45, 7) is 16.7. The van der Waals surface area contributed by atoms with Gasteiger partial charge in [0.15, 0.2) is 0 Å². The Labute approximate surface area is 227 Å². The molecule has 2 aliphatic rings. The number of β-amino-alcohol motifs (C(OH)–C–C–N with tert-alkyl or cyclic N) is 1. The average molecular weight is 547 g/mol. The van der Waals surface area contributed by atoms with Gasteiger partial charge in [-0.05, 0) is 57.2 Å². The Bertz CT molecular complexity index is 1190. The number of carbonyl (C=O) groups excluding carboxylic acids is 1. The lowest BCUT2D eigenvalue weighted by atomic mass is 9.67. The molecule has 1 amide bonds. The van der Waals surface area contributed by atoms with Crippen molar-refractivity contribution in [1.29, 1.82) is 0 Å². The second-order valence-corrected chi connectivity index (χ2v) is 19.0. The summed E-state index contributed by atoms with van der Waals surface area (Å²) >= 11 is 0. The quantitative estimate of drug-likeness (QED) is 0.400. The molecule has 2 heterocycles. The van der Waals surface area contributed by atoms with E-state index in [1.807, 2.05) is 40.0 Å². The van der Waals surface area contributed by atoms with Gasteiger partial charge >= 0.3 is 11.8 Å². The van der Waals surface area contributed by atoms with Gasteiger partial charge in [-0.3, -0.25) is 14.0 Å². The van der Waals surface area contributed by atoms with E-state index in [1.165, 1.54) is 0 Å². The molecule has 0 bridgehead atoms. The zero-order valence-electron chi connectivity index (χ0n) is 24.2. The van der Waals surface area contributed by atoms with Gasteiger partial charge in [0.2, 0.25) is 0 Å². The molecule has 0 radical (unpaired) electrons. The van der Waals surface area contributed by atoms with Crippen LogP contribution in [0.2, 0.25) is 25.7 Å². The second kappa shape index (κ2) is 10.8. The van der Waals surface area contributed by atoms with Crippen molar-refractivity contribution in [1.82, 2.24) is 18.9 Å². The van der Waals surface area contributed by atoms with Gasteiger partial charge < -0.3 is 19.5 Å². The summed E-state index contributed by atoms with van der Waals surface area (Å²) in [5, 5.41) is 11.3. The van der Waals surface area contributed by atoms with Crippen molar-refractivity contribution in [2.24, 2.45) is 7.05 Å². The second-order valence-electron chi connectivity index (χ2n) is 13.4. The van der Waals surface area contributed by atoms with E-state index < -0.39 is 19.3 Å². The highest BCUT2D eigenvalue weighted by molar-refractivity contribution is 6.76. The minimum atomic E-state index is -1.19. The van der Waals surface area contributed by atoms with E-state index in [4.69, 9.17) is 9.47 Å². The minimum Gasteiger partial charge on any atom is -0.444 e. The van der Waals surface area contributed by atoms with Gasteiger partial charge in [0.1, 0.15) is 12.3 Å². The maximum atomic E-state index is 13.1. The van der Waals surface area contributed by atoms with Crippen LogP contribution in [0.5, 0.6) is 0 Å². The predicted octanol–water partition coefficient (Wildman–Crippen LogP) is 3.81. The minimum absolute atomic E-state index is 0.0714. The number of fused-ring (bicyclic) bond motifs is 1. The topological polar surface area (TPSA) is 89.2 Å². The van der Waals surface area contributed by atoms with Crippen molar-refractivity contribution < 1.29 is 19.4 Å². The molecule has 1 saturated heterocycles. The van der Waals surface area contributed by atoms with Gasteiger partial charge in [0, 0.05) is 54.5 Å². The van der Waals surface area contributed by atoms with Crippen LogP contribution in [0.4, 0.5) is 4.79 Å². The number of aryl methyl sites for hydroxylation is 1. The van der Waals surface area contributed by atoms with Crippen LogP contribution in [0.25, 0.3) is 11.0 Å². The van der Waals surface area contributed by atoms with Gasteiger partial charge in [-0.1, -0.05) is 31.8 Å². The number of benzene rings is 1. The highest BCUT2D eigenvalue weighted by Gasteiger charge is 2.45. The Hall–Kier alpha value is -2.14. The highest BCUT2D eigenvalue weighted by atomic mass is 28.3. The molecule has 1 aliphatic heterocycles. The lowest BCUT2D eigenvalue weighted by molar-refractivity contribution is -0.0780. The third-order valence-corrected chi connectivity index (χ3v) is 9.35. The number of piperazine rings is 1. The Morgan fingerprint density at radius 2 is 1.79 bits per heavy atom. The molecule has 1 aromatic heterocycles. The van der Waals surface area contributed by atoms with Crippen LogP contribution in [0, 0.1) is 0 Å². The van der Waals surface area contributed by atoms with E-state index in [-0.39, 0.29) is 24.4 Å². The number of imidazole rings is 1. The number of aromatic nitrogens is 2. The van der Waals surface area contributed by atoms with Gasteiger partial charge in [-0.2, -0.15) is 0 Å². The molecule has 10 heteroatoms. The first kappa shape index (κ1) is 28.9. The van der Waals surface area contributed by atoms with Crippen molar-refractivity contribution >= 4 is 25.2 Å². The SMILES string of the molecule is Cn1c(=O)n(COCC[Si](C)(C)C)c2cccc([C@H]3C[C@@](O)(CN4CCN(C(=O)OC(C)(C)C)CC4)C3)c21. The molecule has 0 spiro atoms. The number of rotatable bonds is 8. The van der Waals surface area contributed by atoms with Gasteiger partial charge in [-0.15, -0.1) is 0 Å². The fourth-order valence-electron chi connectivity index (χ4n) is 5.54. The third kappa shape index (κ3) is 6.70. The van der Waals surface area contributed by atoms with E-state index in [0.717, 1.165) is 35.7 Å². The molecule has 0 atom stereocenters. The molecule has 9 nitrogen and oxygen atoms in total. The largest absolute Gasteiger partial charge is 0.444 e. The first-order valence-corrected chi connectivity index (χ1v) is 17.6. The molecule has 0 unspecified atom stereocenters. The summed E-state index contributed by atoms with van der Waals surface area (Å²) in [5.41, 5.74) is 1.60.